The van der Waals surface area contributed by atoms with Gasteiger partial charge in [0.1, 0.15) is 24.0 Å². The summed E-state index contributed by atoms with van der Waals surface area (Å²) in [7, 11) is 0. The van der Waals surface area contributed by atoms with E-state index in [1.54, 1.807) is 0 Å². The van der Waals surface area contributed by atoms with Gasteiger partial charge in [-0.1, -0.05) is 32.9 Å². The zero-order valence-electron chi connectivity index (χ0n) is 16.6. The SMILES string of the molecule is Cc1cccc(OC[C@H](O)CN2C(=O)N[C@@]3(C[C@@H](C)CC(C)(C)C3)C2=O)c1. The normalized spacial score (nSPS) is 28.3. The van der Waals surface area contributed by atoms with Crippen LogP contribution in [0, 0.1) is 18.3 Å². The average molecular weight is 374 g/mol. The number of nitrogens with zero attached hydrogens (tertiary/aromatic N) is 1. The molecule has 1 aromatic rings. The average Bonchev–Trinajstić information content (AvgIpc) is 2.74. The van der Waals surface area contributed by atoms with Crippen LogP contribution in [0.25, 0.3) is 0 Å². The highest BCUT2D eigenvalue weighted by molar-refractivity contribution is 6.07. The molecule has 2 N–H and O–H groups in total. The Hall–Kier alpha value is -2.08. The summed E-state index contributed by atoms with van der Waals surface area (Å²) in [5, 5.41) is 13.2. The fourth-order valence-corrected chi connectivity index (χ4v) is 4.83. The molecule has 1 aliphatic heterocycles. The molecular formula is C21H30N2O4. The summed E-state index contributed by atoms with van der Waals surface area (Å²) < 4.78 is 5.60. The molecular weight excluding hydrogens is 344 g/mol. The summed E-state index contributed by atoms with van der Waals surface area (Å²) in [6.07, 6.45) is 1.36. The van der Waals surface area contributed by atoms with E-state index in [1.165, 1.54) is 0 Å². The van der Waals surface area contributed by atoms with Crippen LogP contribution in [-0.2, 0) is 4.79 Å². The molecule has 0 bridgehead atoms. The summed E-state index contributed by atoms with van der Waals surface area (Å²) in [6.45, 7) is 8.31. The molecule has 1 saturated heterocycles. The van der Waals surface area contributed by atoms with E-state index >= 15 is 0 Å². The van der Waals surface area contributed by atoms with Crippen LogP contribution in [0.1, 0.15) is 45.6 Å². The fourth-order valence-electron chi connectivity index (χ4n) is 4.83. The lowest BCUT2D eigenvalue weighted by molar-refractivity contribution is -0.135. The van der Waals surface area contributed by atoms with Gasteiger partial charge >= 0.3 is 6.03 Å². The van der Waals surface area contributed by atoms with Crippen LogP contribution in [0.15, 0.2) is 24.3 Å². The molecule has 148 valence electrons. The Morgan fingerprint density at radius 3 is 2.74 bits per heavy atom. The lowest BCUT2D eigenvalue weighted by Crippen LogP contribution is -2.54. The molecule has 27 heavy (non-hydrogen) atoms. The molecule has 2 fully saturated rings. The first-order valence-electron chi connectivity index (χ1n) is 9.62. The molecule has 0 aromatic heterocycles. The van der Waals surface area contributed by atoms with Crippen molar-refractivity contribution in [3.05, 3.63) is 29.8 Å². The molecule has 0 unspecified atom stereocenters. The Morgan fingerprint density at radius 2 is 2.07 bits per heavy atom. The number of amides is 3. The molecule has 1 heterocycles. The van der Waals surface area contributed by atoms with Crippen molar-refractivity contribution in [2.75, 3.05) is 13.2 Å². The van der Waals surface area contributed by atoms with Gasteiger partial charge in [-0.05, 0) is 55.2 Å². The van der Waals surface area contributed by atoms with Crippen LogP contribution in [0.3, 0.4) is 0 Å². The van der Waals surface area contributed by atoms with Gasteiger partial charge in [0.05, 0.1) is 6.54 Å². The number of benzene rings is 1. The second kappa shape index (κ2) is 7.15. The zero-order chi connectivity index (χ0) is 19.8. The smallest absolute Gasteiger partial charge is 0.325 e. The molecule has 1 aliphatic carbocycles. The lowest BCUT2D eigenvalue weighted by atomic mass is 9.64. The van der Waals surface area contributed by atoms with Gasteiger partial charge in [0.15, 0.2) is 0 Å². The summed E-state index contributed by atoms with van der Waals surface area (Å²) in [5.74, 6) is 0.792. The summed E-state index contributed by atoms with van der Waals surface area (Å²) in [4.78, 5) is 26.7. The molecule has 3 amide bonds. The van der Waals surface area contributed by atoms with E-state index in [9.17, 15) is 14.7 Å². The number of urea groups is 1. The number of β-amino-alcohol motifs (C(OH)–C–C–N with tert-alkyl or cyclic N) is 1. The fraction of sp³-hybridized carbons (Fsp3) is 0.619. The molecule has 0 radical (unpaired) electrons. The van der Waals surface area contributed by atoms with E-state index in [0.29, 0.717) is 24.5 Å². The molecule has 1 spiro atoms. The molecule has 1 aromatic carbocycles. The van der Waals surface area contributed by atoms with Crippen molar-refractivity contribution >= 4 is 11.9 Å². The van der Waals surface area contributed by atoms with Crippen molar-refractivity contribution < 1.29 is 19.4 Å². The monoisotopic (exact) mass is 374 g/mol. The van der Waals surface area contributed by atoms with Gasteiger partial charge in [0, 0.05) is 0 Å². The Balaban J connectivity index is 1.63. The molecule has 6 heteroatoms. The maximum absolute atomic E-state index is 13.1. The lowest BCUT2D eigenvalue weighted by Gasteiger charge is -2.43. The molecule has 2 aliphatic rings. The topological polar surface area (TPSA) is 78.9 Å². The number of hydrogen-bond acceptors (Lipinski definition) is 4. The van der Waals surface area contributed by atoms with Crippen LogP contribution < -0.4 is 10.1 Å². The molecule has 3 rings (SSSR count). The van der Waals surface area contributed by atoms with Crippen LogP contribution >= 0.6 is 0 Å². The third-order valence-electron chi connectivity index (χ3n) is 5.45. The van der Waals surface area contributed by atoms with E-state index in [0.717, 1.165) is 16.9 Å². The first kappa shape index (κ1) is 19.7. The third kappa shape index (κ3) is 4.26. The number of rotatable bonds is 5. The summed E-state index contributed by atoms with van der Waals surface area (Å²) in [5.41, 5.74) is 0.214. The van der Waals surface area contributed by atoms with Crippen LogP contribution in [0.4, 0.5) is 4.79 Å². The number of aliphatic hydroxyl groups is 1. The second-order valence-corrected chi connectivity index (χ2v) is 9.06. The van der Waals surface area contributed by atoms with Crippen LogP contribution in [-0.4, -0.2) is 46.7 Å². The zero-order valence-corrected chi connectivity index (χ0v) is 16.6. The van der Waals surface area contributed by atoms with Gasteiger partial charge in [-0.15, -0.1) is 0 Å². The van der Waals surface area contributed by atoms with Gasteiger partial charge in [0.2, 0.25) is 0 Å². The van der Waals surface area contributed by atoms with E-state index in [1.807, 2.05) is 31.2 Å². The number of carbonyl (C=O) groups excluding carboxylic acids is 2. The molecule has 6 nitrogen and oxygen atoms in total. The third-order valence-corrected chi connectivity index (χ3v) is 5.45. The number of hydrogen-bond donors (Lipinski definition) is 2. The van der Waals surface area contributed by atoms with E-state index in [-0.39, 0.29) is 24.5 Å². The van der Waals surface area contributed by atoms with E-state index < -0.39 is 17.7 Å². The highest BCUT2D eigenvalue weighted by atomic mass is 16.5. The quantitative estimate of drug-likeness (QED) is 0.777. The van der Waals surface area contributed by atoms with Crippen molar-refractivity contribution in [2.45, 2.75) is 58.6 Å². The Labute approximate surface area is 160 Å². The highest BCUT2D eigenvalue weighted by Crippen LogP contribution is 2.46. The predicted octanol–water partition coefficient (Wildman–Crippen LogP) is 2.87. The number of carbonyl (C=O) groups is 2. The molecule has 1 saturated carbocycles. The molecule has 3 atom stereocenters. The standard InChI is InChI=1S/C21H30N2O4/c1-14-6-5-7-17(8-14)27-12-16(24)11-23-18(25)21(22-19(23)26)10-15(2)9-20(3,4)13-21/h5-8,15-16,24H,9-13H2,1-4H3,(H,22,26)/t15-,16+,21+/m0/s1. The number of ether oxygens (including phenoxy) is 1. The second-order valence-electron chi connectivity index (χ2n) is 9.06. The van der Waals surface area contributed by atoms with E-state index in [4.69, 9.17) is 4.74 Å². The van der Waals surface area contributed by atoms with Crippen LogP contribution in [0.2, 0.25) is 0 Å². The van der Waals surface area contributed by atoms with Gasteiger partial charge < -0.3 is 15.2 Å². The minimum atomic E-state index is -0.940. The van der Waals surface area contributed by atoms with E-state index in [2.05, 4.69) is 26.1 Å². The van der Waals surface area contributed by atoms with Crippen molar-refractivity contribution in [3.63, 3.8) is 0 Å². The van der Waals surface area contributed by atoms with Gasteiger partial charge in [-0.3, -0.25) is 9.69 Å². The minimum absolute atomic E-state index is 0.0104. The Morgan fingerprint density at radius 1 is 1.33 bits per heavy atom. The van der Waals surface area contributed by atoms with Crippen LogP contribution in [0.5, 0.6) is 5.75 Å². The van der Waals surface area contributed by atoms with Crippen molar-refractivity contribution in [2.24, 2.45) is 11.3 Å². The first-order chi connectivity index (χ1) is 12.6. The Kier molecular flexibility index (Phi) is 5.21. The number of aliphatic hydroxyl groups excluding tert-OH is 1. The minimum Gasteiger partial charge on any atom is -0.491 e. The maximum Gasteiger partial charge on any atom is 0.325 e. The maximum atomic E-state index is 13.1. The summed E-state index contributed by atoms with van der Waals surface area (Å²) >= 11 is 0. The number of aryl methyl sites for hydroxylation is 1. The number of imide groups is 1. The predicted molar refractivity (Wildman–Crippen MR) is 102 cm³/mol. The first-order valence-corrected chi connectivity index (χ1v) is 9.62. The number of nitrogens with one attached hydrogen (secondary N) is 1. The van der Waals surface area contributed by atoms with Gasteiger partial charge in [-0.2, -0.15) is 0 Å². The van der Waals surface area contributed by atoms with Gasteiger partial charge in [-0.25, -0.2) is 4.79 Å². The van der Waals surface area contributed by atoms with Crippen molar-refractivity contribution in [1.29, 1.82) is 0 Å². The van der Waals surface area contributed by atoms with Gasteiger partial charge in [0.25, 0.3) is 5.91 Å². The van der Waals surface area contributed by atoms with Crippen molar-refractivity contribution in [3.8, 4) is 5.75 Å². The Bertz CT molecular complexity index is 733. The highest BCUT2D eigenvalue weighted by Gasteiger charge is 2.56. The largest absolute Gasteiger partial charge is 0.491 e. The summed E-state index contributed by atoms with van der Waals surface area (Å²) in [6, 6.07) is 7.11. The van der Waals surface area contributed by atoms with Crippen molar-refractivity contribution in [1.82, 2.24) is 10.2 Å².